The number of anilines is 1. The molecule has 154 valence electrons. The number of thioether (sulfide) groups is 1. The van der Waals surface area contributed by atoms with Crippen molar-refractivity contribution in [1.29, 1.82) is 5.26 Å². The third kappa shape index (κ3) is 4.23. The molecule has 1 aromatic heterocycles. The van der Waals surface area contributed by atoms with E-state index in [0.717, 1.165) is 41.0 Å². The van der Waals surface area contributed by atoms with Gasteiger partial charge in [-0.25, -0.2) is 0 Å². The van der Waals surface area contributed by atoms with Crippen molar-refractivity contribution in [3.05, 3.63) is 59.3 Å². The van der Waals surface area contributed by atoms with Gasteiger partial charge >= 0.3 is 0 Å². The SMILES string of the molecule is Cc1c(C#N)c(NC(=O)CSc2ccc3ccccc3c2)n(C[C@H]2CCCO2)c1C. The van der Waals surface area contributed by atoms with Crippen LogP contribution in [0.5, 0.6) is 0 Å². The number of ether oxygens (including phenoxy) is 1. The normalized spacial score (nSPS) is 16.0. The van der Waals surface area contributed by atoms with Crippen molar-refractivity contribution in [1.82, 2.24) is 4.57 Å². The minimum Gasteiger partial charge on any atom is -0.376 e. The van der Waals surface area contributed by atoms with Crippen LogP contribution in [-0.4, -0.2) is 28.9 Å². The lowest BCUT2D eigenvalue weighted by atomic mass is 10.1. The lowest BCUT2D eigenvalue weighted by molar-refractivity contribution is -0.113. The first-order valence-corrected chi connectivity index (χ1v) is 11.2. The van der Waals surface area contributed by atoms with Crippen LogP contribution in [0.3, 0.4) is 0 Å². The number of nitrogens with zero attached hydrogens (tertiary/aromatic N) is 2. The van der Waals surface area contributed by atoms with Crippen LogP contribution in [0.2, 0.25) is 0 Å². The number of nitriles is 1. The zero-order chi connectivity index (χ0) is 21.1. The summed E-state index contributed by atoms with van der Waals surface area (Å²) in [5.41, 5.74) is 2.45. The molecular weight excluding hydrogens is 394 g/mol. The van der Waals surface area contributed by atoms with Crippen molar-refractivity contribution < 1.29 is 9.53 Å². The first-order chi connectivity index (χ1) is 14.6. The van der Waals surface area contributed by atoms with Crippen molar-refractivity contribution in [2.24, 2.45) is 0 Å². The maximum Gasteiger partial charge on any atom is 0.235 e. The molecule has 1 aliphatic rings. The average Bonchev–Trinajstić information content (AvgIpc) is 3.35. The van der Waals surface area contributed by atoms with Crippen molar-refractivity contribution >= 4 is 34.3 Å². The number of benzene rings is 2. The highest BCUT2D eigenvalue weighted by Crippen LogP contribution is 2.29. The number of carbonyl (C=O) groups is 1. The molecule has 1 N–H and O–H groups in total. The molecule has 6 heteroatoms. The Morgan fingerprint density at radius 3 is 2.80 bits per heavy atom. The fraction of sp³-hybridized carbons (Fsp3) is 0.333. The number of aromatic nitrogens is 1. The van der Waals surface area contributed by atoms with E-state index in [9.17, 15) is 10.1 Å². The first kappa shape index (κ1) is 20.5. The molecule has 5 nitrogen and oxygen atoms in total. The summed E-state index contributed by atoms with van der Waals surface area (Å²) < 4.78 is 7.80. The maximum atomic E-state index is 12.7. The van der Waals surface area contributed by atoms with Gasteiger partial charge in [-0.1, -0.05) is 30.3 Å². The quantitative estimate of drug-likeness (QED) is 0.569. The van der Waals surface area contributed by atoms with Gasteiger partial charge in [0, 0.05) is 17.2 Å². The minimum atomic E-state index is -0.115. The van der Waals surface area contributed by atoms with Crippen molar-refractivity contribution in [2.75, 3.05) is 17.7 Å². The van der Waals surface area contributed by atoms with Crippen LogP contribution in [-0.2, 0) is 16.1 Å². The van der Waals surface area contributed by atoms with Gasteiger partial charge in [0.05, 0.1) is 24.0 Å². The lowest BCUT2D eigenvalue weighted by Gasteiger charge is -2.17. The highest BCUT2D eigenvalue weighted by molar-refractivity contribution is 8.00. The second-order valence-electron chi connectivity index (χ2n) is 7.64. The van der Waals surface area contributed by atoms with Gasteiger partial charge in [-0.3, -0.25) is 4.79 Å². The third-order valence-corrected chi connectivity index (χ3v) is 6.69. The molecule has 0 radical (unpaired) electrons. The lowest BCUT2D eigenvalue weighted by Crippen LogP contribution is -2.22. The van der Waals surface area contributed by atoms with Crippen LogP contribution in [0.1, 0.15) is 29.7 Å². The van der Waals surface area contributed by atoms with E-state index in [-0.39, 0.29) is 17.8 Å². The van der Waals surface area contributed by atoms with Gasteiger partial charge in [-0.15, -0.1) is 11.8 Å². The van der Waals surface area contributed by atoms with E-state index in [1.54, 1.807) is 0 Å². The monoisotopic (exact) mass is 419 g/mol. The molecule has 2 aromatic carbocycles. The average molecular weight is 420 g/mol. The van der Waals surface area contributed by atoms with Crippen LogP contribution in [0.15, 0.2) is 47.4 Å². The number of nitrogens with one attached hydrogen (secondary N) is 1. The van der Waals surface area contributed by atoms with Gasteiger partial charge in [0.15, 0.2) is 0 Å². The second-order valence-corrected chi connectivity index (χ2v) is 8.69. The molecule has 0 aliphatic carbocycles. The van der Waals surface area contributed by atoms with Gasteiger partial charge < -0.3 is 14.6 Å². The highest BCUT2D eigenvalue weighted by atomic mass is 32.2. The Balaban J connectivity index is 1.48. The Bertz CT molecular complexity index is 1120. The Labute approximate surface area is 181 Å². The summed E-state index contributed by atoms with van der Waals surface area (Å²) >= 11 is 1.50. The molecule has 0 bridgehead atoms. The Morgan fingerprint density at radius 2 is 2.07 bits per heavy atom. The number of fused-ring (bicyclic) bond motifs is 1. The van der Waals surface area contributed by atoms with Crippen molar-refractivity contribution in [2.45, 2.75) is 44.2 Å². The van der Waals surface area contributed by atoms with Crippen LogP contribution in [0.4, 0.5) is 5.82 Å². The Kier molecular flexibility index (Phi) is 6.12. The molecule has 0 spiro atoms. The summed E-state index contributed by atoms with van der Waals surface area (Å²) in [6.07, 6.45) is 2.19. The van der Waals surface area contributed by atoms with E-state index in [1.165, 1.54) is 17.1 Å². The molecule has 1 amide bonds. The topological polar surface area (TPSA) is 67.0 Å². The standard InChI is InChI=1S/C24H25N3O2S/c1-16-17(2)27(14-20-8-5-11-29-20)24(22(16)13-25)26-23(28)15-30-21-10-9-18-6-3-4-7-19(18)12-21/h3-4,6-7,9-10,12,20H,5,8,11,14-15H2,1-2H3,(H,26,28)/t20-/m1/s1. The molecular formula is C24H25N3O2S. The molecule has 3 aromatic rings. The Morgan fingerprint density at radius 1 is 1.27 bits per heavy atom. The Hall–Kier alpha value is -2.75. The number of carbonyl (C=O) groups excluding carboxylic acids is 1. The van der Waals surface area contributed by atoms with E-state index >= 15 is 0 Å². The summed E-state index contributed by atoms with van der Waals surface area (Å²) in [6.45, 7) is 5.35. The zero-order valence-corrected chi connectivity index (χ0v) is 18.1. The molecule has 30 heavy (non-hydrogen) atoms. The second kappa shape index (κ2) is 8.95. The largest absolute Gasteiger partial charge is 0.376 e. The van der Waals surface area contributed by atoms with E-state index < -0.39 is 0 Å². The van der Waals surface area contributed by atoms with E-state index in [0.29, 0.717) is 17.9 Å². The third-order valence-electron chi connectivity index (χ3n) is 5.70. The molecule has 0 saturated carbocycles. The van der Waals surface area contributed by atoms with Crippen LogP contribution >= 0.6 is 11.8 Å². The highest BCUT2D eigenvalue weighted by Gasteiger charge is 2.24. The number of hydrogen-bond donors (Lipinski definition) is 1. The van der Waals surface area contributed by atoms with Gasteiger partial charge in [0.2, 0.25) is 5.91 Å². The summed E-state index contributed by atoms with van der Waals surface area (Å²) in [5, 5.41) is 15.0. The molecule has 1 saturated heterocycles. The van der Waals surface area contributed by atoms with Crippen LogP contribution in [0.25, 0.3) is 10.8 Å². The fourth-order valence-electron chi connectivity index (χ4n) is 3.92. The zero-order valence-electron chi connectivity index (χ0n) is 17.3. The number of hydrogen-bond acceptors (Lipinski definition) is 4. The predicted molar refractivity (Wildman–Crippen MR) is 121 cm³/mol. The van der Waals surface area contributed by atoms with Crippen molar-refractivity contribution in [3.63, 3.8) is 0 Å². The molecule has 0 unspecified atom stereocenters. The molecule has 1 fully saturated rings. The fourth-order valence-corrected chi connectivity index (χ4v) is 4.67. The van der Waals surface area contributed by atoms with Gasteiger partial charge in [0.25, 0.3) is 0 Å². The van der Waals surface area contributed by atoms with Gasteiger partial charge in [-0.2, -0.15) is 5.26 Å². The first-order valence-electron chi connectivity index (χ1n) is 10.2. The number of amides is 1. The van der Waals surface area contributed by atoms with Gasteiger partial charge in [0.1, 0.15) is 11.9 Å². The van der Waals surface area contributed by atoms with Crippen LogP contribution in [0, 0.1) is 25.2 Å². The van der Waals surface area contributed by atoms with E-state index in [4.69, 9.17) is 4.74 Å². The minimum absolute atomic E-state index is 0.115. The molecule has 4 rings (SSSR count). The smallest absolute Gasteiger partial charge is 0.235 e. The van der Waals surface area contributed by atoms with E-state index in [2.05, 4.69) is 35.7 Å². The summed E-state index contributed by atoms with van der Waals surface area (Å²) in [5.74, 6) is 0.759. The summed E-state index contributed by atoms with van der Waals surface area (Å²) in [4.78, 5) is 13.8. The molecule has 1 atom stereocenters. The summed E-state index contributed by atoms with van der Waals surface area (Å²) in [7, 11) is 0. The van der Waals surface area contributed by atoms with Crippen LogP contribution < -0.4 is 5.32 Å². The number of rotatable bonds is 6. The molecule has 1 aliphatic heterocycles. The predicted octanol–water partition coefficient (Wildman–Crippen LogP) is 5.04. The molecule has 2 heterocycles. The van der Waals surface area contributed by atoms with Crippen molar-refractivity contribution in [3.8, 4) is 6.07 Å². The maximum absolute atomic E-state index is 12.7. The van der Waals surface area contributed by atoms with E-state index in [1.807, 2.05) is 36.6 Å². The van der Waals surface area contributed by atoms with Gasteiger partial charge in [-0.05, 0) is 55.2 Å². The summed E-state index contributed by atoms with van der Waals surface area (Å²) in [6, 6.07) is 16.7.